The normalized spacial score (nSPS) is 12.7. The van der Waals surface area contributed by atoms with Crippen LogP contribution in [0, 0.1) is 0 Å². The number of nitrogens with zero attached hydrogens (tertiary/aromatic N) is 4. The summed E-state index contributed by atoms with van der Waals surface area (Å²) >= 11 is 0. The van der Waals surface area contributed by atoms with Crippen molar-refractivity contribution >= 4 is 83.5 Å². The van der Waals surface area contributed by atoms with Crippen molar-refractivity contribution in [1.82, 2.24) is 18.5 Å². The van der Waals surface area contributed by atoms with Crippen LogP contribution in [-0.2, 0) is 0 Å². The lowest BCUT2D eigenvalue weighted by Crippen LogP contribution is -2.56. The van der Waals surface area contributed by atoms with E-state index < -0.39 is 0 Å². The topological polar surface area (TPSA) is 27.2 Å². The molecule has 0 saturated heterocycles. The Labute approximate surface area is 264 Å². The highest BCUT2D eigenvalue weighted by Crippen LogP contribution is 2.38. The third-order valence-electron chi connectivity index (χ3n) is 10.1. The molecule has 11 rings (SSSR count). The number of hydrogen-bond donors (Lipinski definition) is 0. The van der Waals surface area contributed by atoms with Gasteiger partial charge >= 0.3 is 0 Å². The summed E-state index contributed by atoms with van der Waals surface area (Å²) in [6, 6.07) is 55.2. The molecule has 0 saturated carbocycles. The molecule has 0 atom stereocenters. The number of aromatic nitrogens is 4. The van der Waals surface area contributed by atoms with Gasteiger partial charge in [0.1, 0.15) is 0 Å². The van der Waals surface area contributed by atoms with E-state index in [1.807, 2.05) is 0 Å². The van der Waals surface area contributed by atoms with Gasteiger partial charge in [0, 0.05) is 27.5 Å². The zero-order valence-corrected chi connectivity index (χ0v) is 24.8. The van der Waals surface area contributed by atoms with E-state index in [9.17, 15) is 0 Å². The molecule has 10 aromatic rings. The van der Waals surface area contributed by atoms with Crippen molar-refractivity contribution in [2.75, 3.05) is 0 Å². The molecule has 4 heterocycles. The van der Waals surface area contributed by atoms with Crippen molar-refractivity contribution < 1.29 is 0 Å². The molecule has 0 unspecified atom stereocenters. The highest BCUT2D eigenvalue weighted by Gasteiger charge is 2.36. The van der Waals surface area contributed by atoms with Gasteiger partial charge in [0.15, 0.2) is 0 Å². The number of benzene rings is 7. The molecule has 3 aromatic heterocycles. The lowest BCUT2D eigenvalue weighted by molar-refractivity contribution is 1.07. The van der Waals surface area contributed by atoms with Crippen molar-refractivity contribution in [3.05, 3.63) is 152 Å². The summed E-state index contributed by atoms with van der Waals surface area (Å²) in [6.07, 6.45) is 0. The van der Waals surface area contributed by atoms with Crippen molar-refractivity contribution in [3.8, 4) is 11.4 Å². The molecular weight excluding hydrogens is 559 g/mol. The van der Waals surface area contributed by atoms with Crippen LogP contribution in [0.4, 0.5) is 0 Å². The maximum absolute atomic E-state index is 5.34. The average Bonchev–Trinajstić information content (AvgIpc) is 3.68. The van der Waals surface area contributed by atoms with Crippen LogP contribution in [0.3, 0.4) is 0 Å². The largest absolute Gasteiger partial charge is 0.309 e. The summed E-state index contributed by atoms with van der Waals surface area (Å²) in [5, 5.41) is 5.06. The van der Waals surface area contributed by atoms with Crippen molar-refractivity contribution in [1.29, 1.82) is 0 Å². The quantitative estimate of drug-likeness (QED) is 0.193. The van der Waals surface area contributed by atoms with Gasteiger partial charge < -0.3 is 4.57 Å². The Morgan fingerprint density at radius 1 is 0.500 bits per heavy atom. The van der Waals surface area contributed by atoms with E-state index in [-0.39, 0.29) is 6.71 Å². The molecule has 1 aliphatic rings. The first-order valence-electron chi connectivity index (χ1n) is 15.9. The minimum absolute atomic E-state index is 0.0366. The Bertz CT molecular complexity index is 2860. The van der Waals surface area contributed by atoms with Crippen LogP contribution in [-0.4, -0.2) is 25.2 Å². The van der Waals surface area contributed by atoms with Crippen LogP contribution >= 0.6 is 0 Å². The second-order valence-corrected chi connectivity index (χ2v) is 12.4. The third-order valence-corrected chi connectivity index (χ3v) is 10.1. The molecule has 212 valence electrons. The summed E-state index contributed by atoms with van der Waals surface area (Å²) in [5.74, 6) is 0.938. The van der Waals surface area contributed by atoms with Crippen LogP contribution in [0.15, 0.2) is 152 Å². The monoisotopic (exact) mass is 584 g/mol. The molecule has 0 N–H and O–H groups in total. The lowest BCUT2D eigenvalue weighted by atomic mass is 9.35. The molecule has 5 heteroatoms. The highest BCUT2D eigenvalue weighted by molar-refractivity contribution is 6.99. The first-order valence-corrected chi connectivity index (χ1v) is 15.9. The fraction of sp³-hybridized carbons (Fsp3) is 0. The number of hydrogen-bond acceptors (Lipinski definition) is 1. The van der Waals surface area contributed by atoms with Crippen LogP contribution in [0.5, 0.6) is 0 Å². The Kier molecular flexibility index (Phi) is 4.63. The molecule has 46 heavy (non-hydrogen) atoms. The van der Waals surface area contributed by atoms with Crippen LogP contribution in [0.25, 0.3) is 71.8 Å². The molecule has 0 spiro atoms. The summed E-state index contributed by atoms with van der Waals surface area (Å²) in [6.45, 7) is 0.0366. The van der Waals surface area contributed by atoms with Gasteiger partial charge in [-0.2, -0.15) is 0 Å². The first kappa shape index (κ1) is 24.3. The van der Waals surface area contributed by atoms with Gasteiger partial charge in [-0.15, -0.1) is 0 Å². The van der Waals surface area contributed by atoms with Gasteiger partial charge in [-0.1, -0.05) is 109 Å². The molecule has 7 aromatic carbocycles. The van der Waals surface area contributed by atoms with E-state index in [2.05, 4.69) is 165 Å². The predicted molar refractivity (Wildman–Crippen MR) is 192 cm³/mol. The van der Waals surface area contributed by atoms with Gasteiger partial charge in [0.25, 0.3) is 0 Å². The number of imidazole rings is 1. The summed E-state index contributed by atoms with van der Waals surface area (Å²) in [4.78, 5) is 5.34. The SMILES string of the molecule is c1ccc(B2c3c(ccc4c3c3ccccc3n4-c3ccccc3)-n3c4c2ccc2cccc(c24)n2c4ccccc4nc32)cc1. The molecule has 0 bridgehead atoms. The Morgan fingerprint density at radius 3 is 2.11 bits per heavy atom. The molecule has 0 aliphatic carbocycles. The maximum atomic E-state index is 5.34. The zero-order chi connectivity index (χ0) is 29.9. The molecular formula is C41H25BN4. The predicted octanol–water partition coefficient (Wildman–Crippen LogP) is 7.51. The molecule has 0 fully saturated rings. The van der Waals surface area contributed by atoms with Crippen molar-refractivity contribution in [2.45, 2.75) is 0 Å². The number of rotatable bonds is 2. The van der Waals surface area contributed by atoms with E-state index >= 15 is 0 Å². The first-order chi connectivity index (χ1) is 22.9. The average molecular weight is 584 g/mol. The number of para-hydroxylation sites is 4. The third kappa shape index (κ3) is 2.97. The molecule has 0 amide bonds. The van der Waals surface area contributed by atoms with Crippen molar-refractivity contribution in [2.24, 2.45) is 0 Å². The summed E-state index contributed by atoms with van der Waals surface area (Å²) in [5.41, 5.74) is 13.2. The fourth-order valence-electron chi connectivity index (χ4n) is 8.31. The minimum Gasteiger partial charge on any atom is -0.309 e. The Balaban J connectivity index is 1.42. The van der Waals surface area contributed by atoms with Gasteiger partial charge in [0.2, 0.25) is 12.5 Å². The van der Waals surface area contributed by atoms with Crippen LogP contribution < -0.4 is 16.4 Å². The van der Waals surface area contributed by atoms with E-state index in [4.69, 9.17) is 4.98 Å². The maximum Gasteiger partial charge on any atom is 0.247 e. The lowest BCUT2D eigenvalue weighted by Gasteiger charge is -2.31. The van der Waals surface area contributed by atoms with Crippen LogP contribution in [0.1, 0.15) is 0 Å². The smallest absolute Gasteiger partial charge is 0.247 e. The highest BCUT2D eigenvalue weighted by atomic mass is 15.2. The number of fused-ring (bicyclic) bond motifs is 11. The van der Waals surface area contributed by atoms with E-state index in [1.165, 1.54) is 65.7 Å². The van der Waals surface area contributed by atoms with Gasteiger partial charge in [-0.25, -0.2) is 4.98 Å². The molecule has 0 radical (unpaired) electrons. The second-order valence-electron chi connectivity index (χ2n) is 12.4. The second kappa shape index (κ2) is 8.77. The summed E-state index contributed by atoms with van der Waals surface area (Å²) < 4.78 is 7.23. The Hall–Kier alpha value is -6.07. The van der Waals surface area contributed by atoms with E-state index in [0.29, 0.717) is 0 Å². The standard InChI is InChI=1S/C41H25BN4/c1-3-13-27(14-4-1)42-30-23-22-26-12-11-21-34-37(26)40(30)46(41-43-31-18-8-10-20-33(31)45(34)41)36-25-24-35-38(39(36)42)29-17-7-9-19-32(29)44(35)28-15-5-2-6-16-28/h1-25H. The van der Waals surface area contributed by atoms with Crippen molar-refractivity contribution in [3.63, 3.8) is 0 Å². The van der Waals surface area contributed by atoms with E-state index in [1.54, 1.807) is 0 Å². The van der Waals surface area contributed by atoms with Gasteiger partial charge in [-0.3, -0.25) is 8.97 Å². The van der Waals surface area contributed by atoms with Gasteiger partial charge in [0.05, 0.1) is 33.1 Å². The summed E-state index contributed by atoms with van der Waals surface area (Å²) in [7, 11) is 0. The van der Waals surface area contributed by atoms with Crippen LogP contribution in [0.2, 0.25) is 0 Å². The van der Waals surface area contributed by atoms with E-state index in [0.717, 1.165) is 22.5 Å². The minimum atomic E-state index is 0.0366. The van der Waals surface area contributed by atoms with Gasteiger partial charge in [-0.05, 0) is 64.8 Å². The zero-order valence-electron chi connectivity index (χ0n) is 24.8. The fourth-order valence-corrected chi connectivity index (χ4v) is 8.31. The molecule has 1 aliphatic heterocycles. The molecule has 4 nitrogen and oxygen atoms in total. The Morgan fingerprint density at radius 2 is 1.24 bits per heavy atom.